The summed E-state index contributed by atoms with van der Waals surface area (Å²) in [5, 5.41) is 3.45. The number of hydrogen-bond donors (Lipinski definition) is 1. The molecule has 2 rings (SSSR count). The standard InChI is InChI=1S/C15H21N3O/c1-11(2)19-14-8-6-5-7-13(14)17-12(3)15-16-9-10-18(15)4/h5-12,17H,1-4H3. The average molecular weight is 259 g/mol. The van der Waals surface area contributed by atoms with E-state index in [0.717, 1.165) is 17.3 Å². The number of rotatable bonds is 5. The van der Waals surface area contributed by atoms with Gasteiger partial charge in [0.2, 0.25) is 0 Å². The van der Waals surface area contributed by atoms with Gasteiger partial charge in [0, 0.05) is 19.4 Å². The number of nitrogens with zero attached hydrogens (tertiary/aromatic N) is 2. The van der Waals surface area contributed by atoms with Gasteiger partial charge in [0.1, 0.15) is 11.6 Å². The summed E-state index contributed by atoms with van der Waals surface area (Å²) in [5.41, 5.74) is 0.992. The highest BCUT2D eigenvalue weighted by Gasteiger charge is 2.12. The summed E-state index contributed by atoms with van der Waals surface area (Å²) in [7, 11) is 2.00. The molecule has 0 amide bonds. The molecule has 0 fully saturated rings. The summed E-state index contributed by atoms with van der Waals surface area (Å²) in [6.07, 6.45) is 3.92. The van der Waals surface area contributed by atoms with Gasteiger partial charge in [-0.25, -0.2) is 4.98 Å². The van der Waals surface area contributed by atoms with Crippen LogP contribution in [0.25, 0.3) is 0 Å². The molecule has 0 radical (unpaired) electrons. The minimum atomic E-state index is 0.122. The molecule has 1 aromatic heterocycles. The maximum absolute atomic E-state index is 5.80. The first kappa shape index (κ1) is 13.5. The average Bonchev–Trinajstić information content (AvgIpc) is 2.77. The Morgan fingerprint density at radius 1 is 1.21 bits per heavy atom. The first-order valence-electron chi connectivity index (χ1n) is 6.57. The minimum Gasteiger partial charge on any atom is -0.489 e. The van der Waals surface area contributed by atoms with Crippen LogP contribution >= 0.6 is 0 Å². The first-order valence-corrected chi connectivity index (χ1v) is 6.57. The predicted octanol–water partition coefficient (Wildman–Crippen LogP) is 3.38. The number of aromatic nitrogens is 2. The molecule has 1 aromatic carbocycles. The number of hydrogen-bond acceptors (Lipinski definition) is 3. The lowest BCUT2D eigenvalue weighted by Crippen LogP contribution is -2.14. The molecule has 2 aromatic rings. The topological polar surface area (TPSA) is 39.1 Å². The van der Waals surface area contributed by atoms with Crippen LogP contribution in [0.4, 0.5) is 5.69 Å². The Kier molecular flexibility index (Phi) is 4.10. The Bertz CT molecular complexity index is 534. The molecule has 0 bridgehead atoms. The molecule has 0 aliphatic heterocycles. The Balaban J connectivity index is 2.17. The fraction of sp³-hybridized carbons (Fsp3) is 0.400. The van der Waals surface area contributed by atoms with Gasteiger partial charge in [-0.05, 0) is 32.9 Å². The smallest absolute Gasteiger partial charge is 0.142 e. The number of anilines is 1. The third-order valence-corrected chi connectivity index (χ3v) is 2.87. The van der Waals surface area contributed by atoms with Crippen molar-refractivity contribution in [1.82, 2.24) is 9.55 Å². The molecule has 0 spiro atoms. The molecule has 1 N–H and O–H groups in total. The van der Waals surface area contributed by atoms with Gasteiger partial charge >= 0.3 is 0 Å². The van der Waals surface area contributed by atoms with Gasteiger partial charge in [0.25, 0.3) is 0 Å². The molecule has 1 heterocycles. The quantitative estimate of drug-likeness (QED) is 0.894. The van der Waals surface area contributed by atoms with Crippen molar-refractivity contribution in [3.8, 4) is 5.75 Å². The maximum atomic E-state index is 5.80. The van der Waals surface area contributed by atoms with Crippen molar-refractivity contribution in [2.45, 2.75) is 32.9 Å². The van der Waals surface area contributed by atoms with Crippen LogP contribution in [-0.2, 0) is 7.05 Å². The monoisotopic (exact) mass is 259 g/mol. The second-order valence-electron chi connectivity index (χ2n) is 4.93. The number of nitrogens with one attached hydrogen (secondary N) is 1. The van der Waals surface area contributed by atoms with Crippen LogP contribution < -0.4 is 10.1 Å². The fourth-order valence-electron chi connectivity index (χ4n) is 2.03. The molecule has 0 saturated heterocycles. The minimum absolute atomic E-state index is 0.122. The lowest BCUT2D eigenvalue weighted by molar-refractivity contribution is 0.243. The normalized spacial score (nSPS) is 12.5. The van der Waals surface area contributed by atoms with Crippen molar-refractivity contribution < 1.29 is 4.74 Å². The second kappa shape index (κ2) is 5.78. The van der Waals surface area contributed by atoms with E-state index in [1.807, 2.05) is 62.1 Å². The summed E-state index contributed by atoms with van der Waals surface area (Å²) >= 11 is 0. The Hall–Kier alpha value is -1.97. The molecular formula is C15H21N3O. The van der Waals surface area contributed by atoms with Crippen LogP contribution in [-0.4, -0.2) is 15.7 Å². The largest absolute Gasteiger partial charge is 0.489 e. The van der Waals surface area contributed by atoms with Crippen molar-refractivity contribution in [3.63, 3.8) is 0 Å². The van der Waals surface area contributed by atoms with Crippen molar-refractivity contribution in [2.75, 3.05) is 5.32 Å². The summed E-state index contributed by atoms with van der Waals surface area (Å²) in [4.78, 5) is 4.36. The Labute approximate surface area is 114 Å². The van der Waals surface area contributed by atoms with Gasteiger partial charge in [-0.15, -0.1) is 0 Å². The molecule has 0 aliphatic carbocycles. The first-order chi connectivity index (χ1) is 9.08. The van der Waals surface area contributed by atoms with Crippen LogP contribution in [0, 0.1) is 0 Å². The van der Waals surface area contributed by atoms with E-state index < -0.39 is 0 Å². The number of imidazole rings is 1. The number of aryl methyl sites for hydroxylation is 1. The Morgan fingerprint density at radius 3 is 2.58 bits per heavy atom. The molecule has 19 heavy (non-hydrogen) atoms. The van der Waals surface area contributed by atoms with Gasteiger partial charge in [0.15, 0.2) is 0 Å². The lowest BCUT2D eigenvalue weighted by Gasteiger charge is -2.19. The fourth-order valence-corrected chi connectivity index (χ4v) is 2.03. The van der Waals surface area contributed by atoms with Gasteiger partial charge < -0.3 is 14.6 Å². The van der Waals surface area contributed by atoms with Crippen molar-refractivity contribution in [3.05, 3.63) is 42.5 Å². The zero-order valence-electron chi connectivity index (χ0n) is 11.9. The van der Waals surface area contributed by atoms with E-state index in [0.29, 0.717) is 0 Å². The van der Waals surface area contributed by atoms with Gasteiger partial charge in [-0.3, -0.25) is 0 Å². The zero-order valence-corrected chi connectivity index (χ0v) is 11.9. The second-order valence-corrected chi connectivity index (χ2v) is 4.93. The zero-order chi connectivity index (χ0) is 13.8. The predicted molar refractivity (Wildman–Crippen MR) is 77.5 cm³/mol. The molecule has 4 nitrogen and oxygen atoms in total. The highest BCUT2D eigenvalue weighted by atomic mass is 16.5. The summed E-state index contributed by atoms with van der Waals surface area (Å²) in [6.45, 7) is 6.15. The van der Waals surface area contributed by atoms with Gasteiger partial charge in [0.05, 0.1) is 17.8 Å². The number of ether oxygens (including phenoxy) is 1. The third kappa shape index (κ3) is 3.28. The van der Waals surface area contributed by atoms with Crippen LogP contribution in [0.1, 0.15) is 32.6 Å². The molecule has 102 valence electrons. The molecule has 4 heteroatoms. The summed E-state index contributed by atoms with van der Waals surface area (Å²) in [6, 6.07) is 8.11. The van der Waals surface area contributed by atoms with E-state index in [4.69, 9.17) is 4.74 Å². The van der Waals surface area contributed by atoms with Gasteiger partial charge in [-0.1, -0.05) is 12.1 Å². The van der Waals surface area contributed by atoms with Crippen molar-refractivity contribution in [2.24, 2.45) is 7.05 Å². The summed E-state index contributed by atoms with van der Waals surface area (Å²) in [5.74, 6) is 1.87. The van der Waals surface area contributed by atoms with E-state index in [1.54, 1.807) is 0 Å². The highest BCUT2D eigenvalue weighted by Crippen LogP contribution is 2.28. The van der Waals surface area contributed by atoms with E-state index >= 15 is 0 Å². The van der Waals surface area contributed by atoms with E-state index in [9.17, 15) is 0 Å². The molecule has 0 aliphatic rings. The molecular weight excluding hydrogens is 238 g/mol. The van der Waals surface area contributed by atoms with E-state index in [2.05, 4.69) is 17.2 Å². The summed E-state index contributed by atoms with van der Waals surface area (Å²) < 4.78 is 7.82. The highest BCUT2D eigenvalue weighted by molar-refractivity contribution is 5.57. The van der Waals surface area contributed by atoms with Crippen LogP contribution in [0.15, 0.2) is 36.7 Å². The molecule has 1 atom stereocenters. The van der Waals surface area contributed by atoms with Gasteiger partial charge in [-0.2, -0.15) is 0 Å². The van der Waals surface area contributed by atoms with Crippen molar-refractivity contribution >= 4 is 5.69 Å². The molecule has 0 saturated carbocycles. The van der Waals surface area contributed by atoms with Crippen molar-refractivity contribution in [1.29, 1.82) is 0 Å². The van der Waals surface area contributed by atoms with Crippen LogP contribution in [0.3, 0.4) is 0 Å². The lowest BCUT2D eigenvalue weighted by atomic mass is 10.2. The van der Waals surface area contributed by atoms with Crippen LogP contribution in [0.5, 0.6) is 5.75 Å². The Morgan fingerprint density at radius 2 is 1.95 bits per heavy atom. The third-order valence-electron chi connectivity index (χ3n) is 2.87. The maximum Gasteiger partial charge on any atom is 0.142 e. The SMILES string of the molecule is CC(C)Oc1ccccc1NC(C)c1nccn1C. The van der Waals surface area contributed by atoms with E-state index in [1.165, 1.54) is 0 Å². The number of benzene rings is 1. The number of para-hydroxylation sites is 2. The molecule has 1 unspecified atom stereocenters. The van der Waals surface area contributed by atoms with E-state index in [-0.39, 0.29) is 12.1 Å². The van der Waals surface area contributed by atoms with Crippen LogP contribution in [0.2, 0.25) is 0 Å².